The van der Waals surface area contributed by atoms with Crippen molar-refractivity contribution in [2.45, 2.75) is 13.8 Å². The van der Waals surface area contributed by atoms with Crippen LogP contribution in [0.25, 0.3) is 0 Å². The van der Waals surface area contributed by atoms with E-state index in [2.05, 4.69) is 39.7 Å². The van der Waals surface area contributed by atoms with Gasteiger partial charge in [0.15, 0.2) is 0 Å². The zero-order valence-corrected chi connectivity index (χ0v) is 12.1. The Kier molecular flexibility index (Phi) is 4.90. The average Bonchev–Trinajstić information content (AvgIpc) is 2.41. The molecule has 5 heteroatoms. The zero-order chi connectivity index (χ0) is 14.4. The van der Waals surface area contributed by atoms with Gasteiger partial charge in [-0.05, 0) is 26.0 Å². The van der Waals surface area contributed by atoms with E-state index >= 15 is 0 Å². The second-order valence-electron chi connectivity index (χ2n) is 4.63. The normalized spacial score (nSPS) is 10.3. The first-order valence-corrected chi connectivity index (χ1v) is 6.59. The summed E-state index contributed by atoms with van der Waals surface area (Å²) in [5.41, 5.74) is 3.11. The molecule has 0 fully saturated rings. The number of ether oxygens (including phenoxy) is 1. The first kappa shape index (κ1) is 14.3. The topological polar surface area (TPSA) is 59.1 Å². The highest BCUT2D eigenvalue weighted by Crippen LogP contribution is 2.16. The van der Waals surface area contributed by atoms with E-state index in [0.29, 0.717) is 12.6 Å². The Hall–Kier alpha value is -2.14. The number of benzene rings is 1. The molecule has 20 heavy (non-hydrogen) atoms. The van der Waals surface area contributed by atoms with Gasteiger partial charge >= 0.3 is 0 Å². The highest BCUT2D eigenvalue weighted by Gasteiger charge is 2.02. The fourth-order valence-corrected chi connectivity index (χ4v) is 1.76. The van der Waals surface area contributed by atoms with Gasteiger partial charge in [0.1, 0.15) is 5.82 Å². The van der Waals surface area contributed by atoms with E-state index in [1.165, 1.54) is 5.56 Å². The van der Waals surface area contributed by atoms with Gasteiger partial charge in [0.25, 0.3) is 0 Å². The van der Waals surface area contributed by atoms with Gasteiger partial charge in [-0.2, -0.15) is 4.98 Å². The van der Waals surface area contributed by atoms with Crippen molar-refractivity contribution in [3.05, 3.63) is 41.6 Å². The van der Waals surface area contributed by atoms with Crippen molar-refractivity contribution in [1.29, 1.82) is 0 Å². The Bertz CT molecular complexity index is 554. The van der Waals surface area contributed by atoms with E-state index in [4.69, 9.17) is 4.74 Å². The van der Waals surface area contributed by atoms with Crippen molar-refractivity contribution in [3.63, 3.8) is 0 Å². The van der Waals surface area contributed by atoms with Gasteiger partial charge in [-0.25, -0.2) is 4.98 Å². The Morgan fingerprint density at radius 1 is 1.10 bits per heavy atom. The Balaban J connectivity index is 2.09. The lowest BCUT2D eigenvalue weighted by atomic mass is 10.2. The highest BCUT2D eigenvalue weighted by molar-refractivity contribution is 5.55. The molecule has 106 valence electrons. The lowest BCUT2D eigenvalue weighted by molar-refractivity contribution is 0.210. The molecular formula is C15H20N4O. The van der Waals surface area contributed by atoms with E-state index in [1.54, 1.807) is 7.11 Å². The maximum absolute atomic E-state index is 5.01. The van der Waals surface area contributed by atoms with Crippen molar-refractivity contribution in [1.82, 2.24) is 9.97 Å². The Morgan fingerprint density at radius 2 is 1.85 bits per heavy atom. The van der Waals surface area contributed by atoms with E-state index in [9.17, 15) is 0 Å². The number of aromatic nitrogens is 2. The zero-order valence-electron chi connectivity index (χ0n) is 12.1. The van der Waals surface area contributed by atoms with Crippen LogP contribution >= 0.6 is 0 Å². The van der Waals surface area contributed by atoms with Gasteiger partial charge in [0.05, 0.1) is 6.61 Å². The molecule has 0 aliphatic carbocycles. The molecule has 1 aromatic heterocycles. The minimum atomic E-state index is 0.591. The largest absolute Gasteiger partial charge is 0.383 e. The third-order valence-electron chi connectivity index (χ3n) is 2.77. The molecule has 1 aromatic carbocycles. The molecule has 0 amide bonds. The van der Waals surface area contributed by atoms with Gasteiger partial charge in [-0.1, -0.05) is 17.7 Å². The van der Waals surface area contributed by atoms with E-state index in [-0.39, 0.29) is 0 Å². The summed E-state index contributed by atoms with van der Waals surface area (Å²) in [7, 11) is 1.68. The van der Waals surface area contributed by atoms with Gasteiger partial charge in [-0.15, -0.1) is 0 Å². The van der Waals surface area contributed by atoms with Gasteiger partial charge < -0.3 is 15.4 Å². The van der Waals surface area contributed by atoms with Crippen molar-refractivity contribution < 1.29 is 4.74 Å². The Morgan fingerprint density at radius 3 is 2.55 bits per heavy atom. The van der Waals surface area contributed by atoms with Crippen LogP contribution in [0.5, 0.6) is 0 Å². The van der Waals surface area contributed by atoms with Crippen LogP contribution < -0.4 is 10.6 Å². The summed E-state index contributed by atoms with van der Waals surface area (Å²) in [5.74, 6) is 1.39. The highest BCUT2D eigenvalue weighted by atomic mass is 16.5. The van der Waals surface area contributed by atoms with E-state index in [0.717, 1.165) is 23.7 Å². The smallest absolute Gasteiger partial charge is 0.229 e. The fraction of sp³-hybridized carbons (Fsp3) is 0.333. The minimum absolute atomic E-state index is 0.591. The molecule has 0 saturated heterocycles. The number of nitrogens with one attached hydrogen (secondary N) is 2. The maximum atomic E-state index is 5.01. The number of hydrogen-bond donors (Lipinski definition) is 2. The second-order valence-corrected chi connectivity index (χ2v) is 4.63. The van der Waals surface area contributed by atoms with Crippen LogP contribution in [0.2, 0.25) is 0 Å². The SMILES string of the molecule is COCCNc1cc(C)nc(Nc2ccc(C)cc2)n1. The molecular weight excluding hydrogens is 252 g/mol. The van der Waals surface area contributed by atoms with Crippen LogP contribution in [0.3, 0.4) is 0 Å². The number of anilines is 3. The summed E-state index contributed by atoms with van der Waals surface area (Å²) < 4.78 is 5.01. The number of rotatable bonds is 6. The fourth-order valence-electron chi connectivity index (χ4n) is 1.76. The van der Waals surface area contributed by atoms with Crippen molar-refractivity contribution in [2.75, 3.05) is 30.9 Å². The molecule has 0 aliphatic rings. The quantitative estimate of drug-likeness (QED) is 0.792. The van der Waals surface area contributed by atoms with E-state index in [1.807, 2.05) is 25.1 Å². The minimum Gasteiger partial charge on any atom is -0.383 e. The summed E-state index contributed by atoms with van der Waals surface area (Å²) in [5, 5.41) is 6.41. The van der Waals surface area contributed by atoms with Crippen LogP contribution in [0, 0.1) is 13.8 Å². The summed E-state index contributed by atoms with van der Waals surface area (Å²) in [6.07, 6.45) is 0. The lowest BCUT2D eigenvalue weighted by Gasteiger charge is -2.09. The molecule has 0 bridgehead atoms. The summed E-state index contributed by atoms with van der Waals surface area (Å²) >= 11 is 0. The van der Waals surface area contributed by atoms with Crippen LogP contribution in [-0.4, -0.2) is 30.2 Å². The lowest BCUT2D eigenvalue weighted by Crippen LogP contribution is -2.10. The molecule has 2 rings (SSSR count). The third-order valence-corrected chi connectivity index (χ3v) is 2.77. The van der Waals surface area contributed by atoms with Crippen LogP contribution in [0.15, 0.2) is 30.3 Å². The first-order valence-electron chi connectivity index (χ1n) is 6.59. The molecule has 0 atom stereocenters. The second kappa shape index (κ2) is 6.86. The predicted molar refractivity (Wildman–Crippen MR) is 81.6 cm³/mol. The molecule has 2 aromatic rings. The predicted octanol–water partition coefficient (Wildman–Crippen LogP) is 2.90. The van der Waals surface area contributed by atoms with Gasteiger partial charge in [-0.3, -0.25) is 0 Å². The number of hydrogen-bond acceptors (Lipinski definition) is 5. The van der Waals surface area contributed by atoms with Gasteiger partial charge in [0.2, 0.25) is 5.95 Å². The Labute approximate surface area is 119 Å². The molecule has 0 radical (unpaired) electrons. The van der Waals surface area contributed by atoms with E-state index < -0.39 is 0 Å². The summed E-state index contributed by atoms with van der Waals surface area (Å²) in [4.78, 5) is 8.82. The average molecular weight is 272 g/mol. The molecule has 5 nitrogen and oxygen atoms in total. The molecule has 1 heterocycles. The number of aryl methyl sites for hydroxylation is 2. The number of nitrogens with zero attached hydrogens (tertiary/aromatic N) is 2. The standard InChI is InChI=1S/C15H20N4O/c1-11-4-6-13(7-5-11)18-15-17-12(2)10-14(19-15)16-8-9-20-3/h4-7,10H,8-9H2,1-3H3,(H2,16,17,18,19). The monoisotopic (exact) mass is 272 g/mol. The first-order chi connectivity index (χ1) is 9.67. The molecule has 0 aliphatic heterocycles. The van der Waals surface area contributed by atoms with Crippen LogP contribution in [0.4, 0.5) is 17.5 Å². The van der Waals surface area contributed by atoms with Crippen molar-refractivity contribution >= 4 is 17.5 Å². The molecule has 0 unspecified atom stereocenters. The number of methoxy groups -OCH3 is 1. The molecule has 0 saturated carbocycles. The van der Waals surface area contributed by atoms with Crippen LogP contribution in [0.1, 0.15) is 11.3 Å². The van der Waals surface area contributed by atoms with Gasteiger partial charge in [0, 0.05) is 31.1 Å². The molecule has 2 N–H and O–H groups in total. The molecule has 0 spiro atoms. The third kappa shape index (κ3) is 4.20. The maximum Gasteiger partial charge on any atom is 0.229 e. The summed E-state index contributed by atoms with van der Waals surface area (Å²) in [6.45, 7) is 5.37. The van der Waals surface area contributed by atoms with Crippen molar-refractivity contribution in [3.8, 4) is 0 Å². The van der Waals surface area contributed by atoms with Crippen LogP contribution in [-0.2, 0) is 4.74 Å². The summed E-state index contributed by atoms with van der Waals surface area (Å²) in [6, 6.07) is 10.0. The van der Waals surface area contributed by atoms with Crippen molar-refractivity contribution in [2.24, 2.45) is 0 Å².